The summed E-state index contributed by atoms with van der Waals surface area (Å²) >= 11 is 0. The number of fused-ring (bicyclic) bond motifs is 4. The standard InChI is InChI=1S/C16H17NO3/c1-18-10-20-16-7-12(13(8-16)9-17)5-11-6-14(19-2)3-4-15(11)16/h3-4,6,8,12H,5,7,10H2,1-2H3/t12?,16-/m1/s1. The van der Waals surface area contributed by atoms with Gasteiger partial charge in [-0.05, 0) is 42.2 Å². The first-order chi connectivity index (χ1) is 9.72. The SMILES string of the molecule is COCO[C@]12C=C(C#N)C(Cc3cc(OC)ccc31)C2. The summed E-state index contributed by atoms with van der Waals surface area (Å²) in [5.74, 6) is 1.07. The zero-order valence-corrected chi connectivity index (χ0v) is 11.7. The van der Waals surface area contributed by atoms with E-state index in [-0.39, 0.29) is 12.7 Å². The monoisotopic (exact) mass is 271 g/mol. The van der Waals surface area contributed by atoms with E-state index >= 15 is 0 Å². The molecule has 0 saturated carbocycles. The van der Waals surface area contributed by atoms with Crippen LogP contribution in [0.2, 0.25) is 0 Å². The van der Waals surface area contributed by atoms with Crippen LogP contribution in [0.3, 0.4) is 0 Å². The van der Waals surface area contributed by atoms with Crippen LogP contribution in [0, 0.1) is 17.2 Å². The van der Waals surface area contributed by atoms with Crippen molar-refractivity contribution in [1.29, 1.82) is 5.26 Å². The maximum absolute atomic E-state index is 9.30. The number of ether oxygens (including phenoxy) is 3. The Balaban J connectivity index is 2.07. The van der Waals surface area contributed by atoms with Crippen LogP contribution in [0.4, 0.5) is 0 Å². The van der Waals surface area contributed by atoms with Gasteiger partial charge in [-0.2, -0.15) is 5.26 Å². The van der Waals surface area contributed by atoms with Crippen molar-refractivity contribution >= 4 is 0 Å². The van der Waals surface area contributed by atoms with Crippen molar-refractivity contribution in [3.63, 3.8) is 0 Å². The first-order valence-electron chi connectivity index (χ1n) is 6.65. The molecule has 0 N–H and O–H groups in total. The second-order valence-corrected chi connectivity index (χ2v) is 5.28. The molecule has 0 aromatic heterocycles. The predicted octanol–water partition coefficient (Wildman–Crippen LogP) is 2.54. The zero-order chi connectivity index (χ0) is 14.2. The Morgan fingerprint density at radius 2 is 2.25 bits per heavy atom. The van der Waals surface area contributed by atoms with Gasteiger partial charge in [-0.3, -0.25) is 0 Å². The molecule has 0 amide bonds. The molecular formula is C16H17NO3. The Morgan fingerprint density at radius 3 is 2.95 bits per heavy atom. The summed E-state index contributed by atoms with van der Waals surface area (Å²) in [6.07, 6.45) is 3.65. The lowest BCUT2D eigenvalue weighted by Crippen LogP contribution is -2.32. The highest BCUT2D eigenvalue weighted by Crippen LogP contribution is 2.50. The van der Waals surface area contributed by atoms with Crippen LogP contribution < -0.4 is 4.74 Å². The molecule has 1 unspecified atom stereocenters. The number of nitriles is 1. The Labute approximate surface area is 118 Å². The Bertz CT molecular complexity index is 602. The summed E-state index contributed by atoms with van der Waals surface area (Å²) in [7, 11) is 3.27. The van der Waals surface area contributed by atoms with E-state index in [1.165, 1.54) is 5.56 Å². The Hall–Kier alpha value is -1.83. The fourth-order valence-electron chi connectivity index (χ4n) is 3.28. The van der Waals surface area contributed by atoms with Gasteiger partial charge in [-0.1, -0.05) is 6.07 Å². The van der Waals surface area contributed by atoms with Crippen molar-refractivity contribution in [3.8, 4) is 11.8 Å². The lowest BCUT2D eigenvalue weighted by Gasteiger charge is -2.35. The molecule has 0 spiro atoms. The van der Waals surface area contributed by atoms with E-state index < -0.39 is 5.60 Å². The fraction of sp³-hybridized carbons (Fsp3) is 0.438. The number of allylic oxidation sites excluding steroid dienone is 1. The van der Waals surface area contributed by atoms with Crippen LogP contribution in [0.1, 0.15) is 17.5 Å². The summed E-state index contributed by atoms with van der Waals surface area (Å²) < 4.78 is 16.3. The first kappa shape index (κ1) is 13.2. The van der Waals surface area contributed by atoms with Gasteiger partial charge in [0, 0.05) is 18.6 Å². The summed E-state index contributed by atoms with van der Waals surface area (Å²) in [5.41, 5.74) is 2.61. The van der Waals surface area contributed by atoms with E-state index in [0.717, 1.165) is 29.7 Å². The molecule has 2 aliphatic carbocycles. The van der Waals surface area contributed by atoms with Crippen molar-refractivity contribution in [3.05, 3.63) is 41.0 Å². The van der Waals surface area contributed by atoms with Gasteiger partial charge in [0.15, 0.2) is 0 Å². The van der Waals surface area contributed by atoms with Gasteiger partial charge in [0.05, 0.1) is 13.2 Å². The minimum absolute atomic E-state index is 0.216. The average molecular weight is 271 g/mol. The maximum atomic E-state index is 9.30. The largest absolute Gasteiger partial charge is 0.497 e. The fourth-order valence-corrected chi connectivity index (χ4v) is 3.28. The molecule has 4 heteroatoms. The van der Waals surface area contributed by atoms with Crippen molar-refractivity contribution in [2.45, 2.75) is 18.4 Å². The molecule has 4 nitrogen and oxygen atoms in total. The smallest absolute Gasteiger partial charge is 0.147 e. The molecule has 20 heavy (non-hydrogen) atoms. The topological polar surface area (TPSA) is 51.5 Å². The molecule has 104 valence electrons. The molecule has 1 aromatic carbocycles. The molecule has 0 aliphatic heterocycles. The third kappa shape index (κ3) is 1.91. The van der Waals surface area contributed by atoms with E-state index in [9.17, 15) is 5.26 Å². The highest BCUT2D eigenvalue weighted by atomic mass is 16.7. The minimum atomic E-state index is -0.522. The van der Waals surface area contributed by atoms with Gasteiger partial charge in [0.1, 0.15) is 18.1 Å². The van der Waals surface area contributed by atoms with Gasteiger partial charge in [0.25, 0.3) is 0 Å². The lowest BCUT2D eigenvalue weighted by molar-refractivity contribution is -0.117. The Kier molecular flexibility index (Phi) is 3.25. The third-order valence-electron chi connectivity index (χ3n) is 4.18. The van der Waals surface area contributed by atoms with Crippen molar-refractivity contribution in [2.75, 3.05) is 21.0 Å². The lowest BCUT2D eigenvalue weighted by atomic mass is 9.78. The van der Waals surface area contributed by atoms with Crippen LogP contribution in [0.25, 0.3) is 0 Å². The summed E-state index contributed by atoms with van der Waals surface area (Å²) in [6.45, 7) is 0.216. The maximum Gasteiger partial charge on any atom is 0.147 e. The number of hydrogen-bond acceptors (Lipinski definition) is 4. The Morgan fingerprint density at radius 1 is 1.40 bits per heavy atom. The van der Waals surface area contributed by atoms with E-state index in [1.807, 2.05) is 24.3 Å². The van der Waals surface area contributed by atoms with Gasteiger partial charge in [0.2, 0.25) is 0 Å². The number of hydrogen-bond donors (Lipinski definition) is 0. The summed E-state index contributed by atoms with van der Waals surface area (Å²) in [5, 5.41) is 9.30. The highest BCUT2D eigenvalue weighted by molar-refractivity contribution is 5.50. The molecule has 3 rings (SSSR count). The molecule has 0 fully saturated rings. The minimum Gasteiger partial charge on any atom is -0.497 e. The number of nitrogens with zero attached hydrogens (tertiary/aromatic N) is 1. The molecule has 0 saturated heterocycles. The van der Waals surface area contributed by atoms with Gasteiger partial charge in [-0.25, -0.2) is 0 Å². The van der Waals surface area contributed by atoms with Crippen LogP contribution in [-0.2, 0) is 21.5 Å². The molecule has 2 aliphatic rings. The summed E-state index contributed by atoms with van der Waals surface area (Å²) in [6, 6.07) is 8.33. The molecule has 2 atom stereocenters. The number of rotatable bonds is 4. The molecule has 2 bridgehead atoms. The van der Waals surface area contributed by atoms with E-state index in [2.05, 4.69) is 6.07 Å². The highest BCUT2D eigenvalue weighted by Gasteiger charge is 2.46. The van der Waals surface area contributed by atoms with Crippen LogP contribution in [0.15, 0.2) is 29.8 Å². The third-order valence-corrected chi connectivity index (χ3v) is 4.18. The van der Waals surface area contributed by atoms with Crippen LogP contribution in [-0.4, -0.2) is 21.0 Å². The molecule has 0 radical (unpaired) electrons. The van der Waals surface area contributed by atoms with E-state index in [0.29, 0.717) is 0 Å². The molecule has 0 heterocycles. The van der Waals surface area contributed by atoms with Crippen molar-refractivity contribution in [2.24, 2.45) is 5.92 Å². The predicted molar refractivity (Wildman–Crippen MR) is 73.1 cm³/mol. The second-order valence-electron chi connectivity index (χ2n) is 5.28. The summed E-state index contributed by atoms with van der Waals surface area (Å²) in [4.78, 5) is 0. The van der Waals surface area contributed by atoms with E-state index in [4.69, 9.17) is 14.2 Å². The second kappa shape index (κ2) is 4.93. The number of methoxy groups -OCH3 is 2. The van der Waals surface area contributed by atoms with Gasteiger partial charge >= 0.3 is 0 Å². The first-order valence-corrected chi connectivity index (χ1v) is 6.65. The van der Waals surface area contributed by atoms with Crippen LogP contribution >= 0.6 is 0 Å². The average Bonchev–Trinajstić information content (AvgIpc) is 2.78. The zero-order valence-electron chi connectivity index (χ0n) is 11.7. The van der Waals surface area contributed by atoms with Crippen molar-refractivity contribution < 1.29 is 14.2 Å². The number of benzene rings is 1. The molecular weight excluding hydrogens is 254 g/mol. The van der Waals surface area contributed by atoms with E-state index in [1.54, 1.807) is 14.2 Å². The molecule has 1 aromatic rings. The van der Waals surface area contributed by atoms with Gasteiger partial charge in [-0.15, -0.1) is 0 Å². The van der Waals surface area contributed by atoms with Crippen molar-refractivity contribution in [1.82, 2.24) is 0 Å². The quantitative estimate of drug-likeness (QED) is 0.790. The van der Waals surface area contributed by atoms with Gasteiger partial charge < -0.3 is 14.2 Å². The normalized spacial score (nSPS) is 26.6. The van der Waals surface area contributed by atoms with Crippen LogP contribution in [0.5, 0.6) is 5.75 Å².